The van der Waals surface area contributed by atoms with Crippen LogP contribution in [0.5, 0.6) is 0 Å². The lowest BCUT2D eigenvalue weighted by Gasteiger charge is -2.25. The van der Waals surface area contributed by atoms with E-state index in [0.29, 0.717) is 0 Å². The molecule has 0 aromatic rings. The summed E-state index contributed by atoms with van der Waals surface area (Å²) in [6, 6.07) is -5.05. The number of amides is 5. The second-order valence-corrected chi connectivity index (χ2v) is 7.98. The molecule has 14 heteroatoms. The van der Waals surface area contributed by atoms with Crippen molar-refractivity contribution >= 4 is 48.1 Å². The fourth-order valence-corrected chi connectivity index (χ4v) is 2.73. The maximum atomic E-state index is 12.7. The van der Waals surface area contributed by atoms with Crippen molar-refractivity contribution in [3.63, 3.8) is 0 Å². The number of hydrogen-bond acceptors (Lipinski definition) is 8. The van der Waals surface area contributed by atoms with E-state index in [4.69, 9.17) is 17.2 Å². The van der Waals surface area contributed by atoms with Gasteiger partial charge in [-0.2, -0.15) is 12.6 Å². The lowest BCUT2D eigenvalue weighted by atomic mass is 10.0. The molecule has 13 nitrogen and oxygen atoms in total. The van der Waals surface area contributed by atoms with Gasteiger partial charge in [0.15, 0.2) is 0 Å². The number of carboxylic acids is 1. The first-order chi connectivity index (χ1) is 14.8. The van der Waals surface area contributed by atoms with Gasteiger partial charge in [-0.25, -0.2) is 4.79 Å². The molecule has 0 fully saturated rings. The highest BCUT2D eigenvalue weighted by Crippen LogP contribution is 2.08. The molecule has 0 aliphatic rings. The van der Waals surface area contributed by atoms with Gasteiger partial charge in [-0.05, 0) is 18.8 Å². The zero-order valence-electron chi connectivity index (χ0n) is 18.0. The highest BCUT2D eigenvalue weighted by atomic mass is 32.1. The SMILES string of the molecule is CC(C)CC(NC(=O)C(CC(N)=O)NC(=O)C(N)CS)C(=O)NC(CCC(N)=O)C(=O)O. The largest absolute Gasteiger partial charge is 0.480 e. The average Bonchev–Trinajstić information content (AvgIpc) is 2.67. The molecule has 0 radical (unpaired) electrons. The van der Waals surface area contributed by atoms with Crippen molar-refractivity contribution in [2.45, 2.75) is 63.7 Å². The topological polar surface area (TPSA) is 237 Å². The van der Waals surface area contributed by atoms with Crippen LogP contribution < -0.4 is 33.2 Å². The van der Waals surface area contributed by atoms with Crippen LogP contribution in [-0.2, 0) is 28.8 Å². The molecule has 0 bridgehead atoms. The van der Waals surface area contributed by atoms with E-state index in [9.17, 15) is 33.9 Å². The minimum absolute atomic E-state index is 0.0169. The molecule has 0 aromatic heterocycles. The summed E-state index contributed by atoms with van der Waals surface area (Å²) in [5.41, 5.74) is 15.7. The zero-order valence-corrected chi connectivity index (χ0v) is 18.9. The molecule has 182 valence electrons. The molecule has 4 unspecified atom stereocenters. The summed E-state index contributed by atoms with van der Waals surface area (Å²) in [6.45, 7) is 3.53. The van der Waals surface area contributed by atoms with Crippen LogP contribution in [0.25, 0.3) is 0 Å². The number of nitrogens with two attached hydrogens (primary N) is 3. The summed E-state index contributed by atoms with van der Waals surface area (Å²) in [5, 5.41) is 16.2. The molecule has 0 aliphatic heterocycles. The maximum absolute atomic E-state index is 12.7. The van der Waals surface area contributed by atoms with E-state index in [2.05, 4.69) is 28.6 Å². The molecule has 4 atom stereocenters. The van der Waals surface area contributed by atoms with E-state index in [0.717, 1.165) is 0 Å². The maximum Gasteiger partial charge on any atom is 0.326 e. The number of carboxylic acid groups (broad SMARTS) is 1. The fourth-order valence-electron chi connectivity index (χ4n) is 2.56. The van der Waals surface area contributed by atoms with Crippen LogP contribution in [-0.4, -0.2) is 70.5 Å². The Morgan fingerprint density at radius 2 is 1.34 bits per heavy atom. The van der Waals surface area contributed by atoms with Crippen molar-refractivity contribution in [3.8, 4) is 0 Å². The number of carbonyl (C=O) groups is 6. The molecule has 0 aromatic carbocycles. The summed E-state index contributed by atoms with van der Waals surface area (Å²) in [7, 11) is 0. The monoisotopic (exact) mass is 476 g/mol. The standard InChI is InChI=1S/C18H32N6O7S/c1-8(2)5-11(16(28)22-10(18(30)31)3-4-13(20)25)24-17(29)12(6-14(21)26)23-15(27)9(19)7-32/h8-12,32H,3-7,19H2,1-2H3,(H2,20,25)(H2,21,26)(H,22,28)(H,23,27)(H,24,29)(H,30,31). The molecule has 0 saturated heterocycles. The predicted molar refractivity (Wildman–Crippen MR) is 117 cm³/mol. The van der Waals surface area contributed by atoms with Gasteiger partial charge in [0.1, 0.15) is 18.1 Å². The van der Waals surface area contributed by atoms with Gasteiger partial charge in [-0.15, -0.1) is 0 Å². The second kappa shape index (κ2) is 14.2. The first-order valence-corrected chi connectivity index (χ1v) is 10.5. The van der Waals surface area contributed by atoms with Gasteiger partial charge in [0.25, 0.3) is 0 Å². The highest BCUT2D eigenvalue weighted by molar-refractivity contribution is 7.80. The minimum atomic E-state index is -1.41. The Kier molecular flexibility index (Phi) is 13.0. The van der Waals surface area contributed by atoms with Gasteiger partial charge in [0, 0.05) is 12.2 Å². The summed E-state index contributed by atoms with van der Waals surface area (Å²) in [6.07, 6.45) is -0.937. The number of rotatable bonds is 15. The third kappa shape index (κ3) is 11.5. The van der Waals surface area contributed by atoms with Crippen molar-refractivity contribution in [1.29, 1.82) is 0 Å². The third-order valence-electron chi connectivity index (χ3n) is 4.21. The third-order valence-corrected chi connectivity index (χ3v) is 4.60. The Morgan fingerprint density at radius 1 is 0.844 bits per heavy atom. The van der Waals surface area contributed by atoms with E-state index in [1.165, 1.54) is 0 Å². The normalized spacial score (nSPS) is 14.5. The van der Waals surface area contributed by atoms with Gasteiger partial charge in [0.2, 0.25) is 29.5 Å². The van der Waals surface area contributed by atoms with Crippen LogP contribution in [0.1, 0.15) is 39.5 Å². The Balaban J connectivity index is 5.48. The lowest BCUT2D eigenvalue weighted by molar-refractivity contribution is -0.142. The number of hydrogen-bond donors (Lipinski definition) is 8. The molecule has 0 rings (SSSR count). The lowest BCUT2D eigenvalue weighted by Crippen LogP contribution is -2.58. The summed E-state index contributed by atoms with van der Waals surface area (Å²) in [4.78, 5) is 71.1. The van der Waals surface area contributed by atoms with Crippen LogP contribution in [0.15, 0.2) is 0 Å². The van der Waals surface area contributed by atoms with E-state index in [1.54, 1.807) is 13.8 Å². The summed E-state index contributed by atoms with van der Waals surface area (Å²) in [5.74, 6) is -5.56. The first-order valence-electron chi connectivity index (χ1n) is 9.85. The number of nitrogens with one attached hydrogen (secondary N) is 3. The van der Waals surface area contributed by atoms with Crippen molar-refractivity contribution < 1.29 is 33.9 Å². The number of carbonyl (C=O) groups excluding carboxylic acids is 5. The zero-order chi connectivity index (χ0) is 25.0. The first kappa shape index (κ1) is 29.1. The minimum Gasteiger partial charge on any atom is -0.480 e. The second-order valence-electron chi connectivity index (χ2n) is 7.62. The Morgan fingerprint density at radius 3 is 1.78 bits per heavy atom. The highest BCUT2D eigenvalue weighted by Gasteiger charge is 2.31. The quantitative estimate of drug-likeness (QED) is 0.113. The molecule has 0 spiro atoms. The van der Waals surface area contributed by atoms with Crippen LogP contribution in [0.3, 0.4) is 0 Å². The molecular formula is C18H32N6O7S. The van der Waals surface area contributed by atoms with Gasteiger partial charge >= 0.3 is 5.97 Å². The molecule has 0 saturated carbocycles. The smallest absolute Gasteiger partial charge is 0.326 e. The Bertz CT molecular complexity index is 718. The van der Waals surface area contributed by atoms with Crippen LogP contribution >= 0.6 is 12.6 Å². The Hall–Kier alpha value is -2.87. The van der Waals surface area contributed by atoms with Crippen LogP contribution in [0, 0.1) is 5.92 Å². The predicted octanol–water partition coefficient (Wildman–Crippen LogP) is -3.03. The van der Waals surface area contributed by atoms with E-state index >= 15 is 0 Å². The van der Waals surface area contributed by atoms with E-state index in [1.807, 2.05) is 0 Å². The van der Waals surface area contributed by atoms with Gasteiger partial charge in [-0.3, -0.25) is 24.0 Å². The van der Waals surface area contributed by atoms with E-state index in [-0.39, 0.29) is 30.9 Å². The molecule has 0 heterocycles. The summed E-state index contributed by atoms with van der Waals surface area (Å²) >= 11 is 3.89. The summed E-state index contributed by atoms with van der Waals surface area (Å²) < 4.78 is 0. The fraction of sp³-hybridized carbons (Fsp3) is 0.667. The van der Waals surface area contributed by atoms with Crippen LogP contribution in [0.4, 0.5) is 0 Å². The van der Waals surface area contributed by atoms with Gasteiger partial charge in [-0.1, -0.05) is 13.8 Å². The van der Waals surface area contributed by atoms with E-state index < -0.39 is 66.1 Å². The van der Waals surface area contributed by atoms with Crippen molar-refractivity contribution in [3.05, 3.63) is 0 Å². The van der Waals surface area contributed by atoms with Gasteiger partial charge < -0.3 is 38.3 Å². The Labute approximate surface area is 191 Å². The van der Waals surface area contributed by atoms with Gasteiger partial charge in [0.05, 0.1) is 12.5 Å². The van der Waals surface area contributed by atoms with Crippen molar-refractivity contribution in [2.24, 2.45) is 23.1 Å². The molecule has 0 aliphatic carbocycles. The molecule has 10 N–H and O–H groups in total. The molecule has 32 heavy (non-hydrogen) atoms. The number of thiol groups is 1. The average molecular weight is 477 g/mol. The van der Waals surface area contributed by atoms with Crippen LogP contribution in [0.2, 0.25) is 0 Å². The van der Waals surface area contributed by atoms with Crippen molar-refractivity contribution in [2.75, 3.05) is 5.75 Å². The number of primary amides is 2. The molecule has 5 amide bonds. The number of aliphatic carboxylic acids is 1. The van der Waals surface area contributed by atoms with Crippen molar-refractivity contribution in [1.82, 2.24) is 16.0 Å². The molecular weight excluding hydrogens is 444 g/mol.